The van der Waals surface area contributed by atoms with Gasteiger partial charge in [-0.05, 0) is 71.1 Å². The molecule has 1 aromatic heterocycles. The molecule has 4 atom stereocenters. The molecule has 2 aromatic carbocycles. The number of likely N-dealkylation sites (N-methyl/N-ethyl adjacent to an activating group) is 1. The summed E-state index contributed by atoms with van der Waals surface area (Å²) in [6.45, 7) is 6.00. The molecule has 0 aliphatic carbocycles. The van der Waals surface area contributed by atoms with Crippen molar-refractivity contribution in [2.45, 2.75) is 50.0 Å². The molecule has 0 saturated carbocycles. The number of likely N-dealkylation sites (tertiary alicyclic amines) is 1. The molecule has 3 aromatic rings. The molecule has 14 heteroatoms. The number of hydrogen-bond acceptors (Lipinski definition) is 10. The first-order chi connectivity index (χ1) is 23.5. The number of benzene rings is 2. The summed E-state index contributed by atoms with van der Waals surface area (Å²) in [5, 5.41) is 20.5. The van der Waals surface area contributed by atoms with E-state index in [4.69, 9.17) is 0 Å². The summed E-state index contributed by atoms with van der Waals surface area (Å²) in [4.78, 5) is 58.5. The second kappa shape index (κ2) is 13.7. The molecule has 3 saturated heterocycles. The van der Waals surface area contributed by atoms with E-state index in [0.717, 1.165) is 68.5 Å². The van der Waals surface area contributed by atoms with Gasteiger partial charge in [0.05, 0.1) is 29.1 Å². The summed E-state index contributed by atoms with van der Waals surface area (Å²) in [5.41, 5.74) is 4.69. The predicted octanol–water partition coefficient (Wildman–Crippen LogP) is 1.96. The number of amides is 3. The molecule has 0 spiro atoms. The zero-order chi connectivity index (χ0) is 34.4. The second-order valence-corrected chi connectivity index (χ2v) is 14.4. The molecule has 3 fully saturated rings. The monoisotopic (exact) mass is 732 g/mol. The van der Waals surface area contributed by atoms with Gasteiger partial charge >= 0.3 is 0 Å². The molecular weight excluding hydrogens is 692 g/mol. The van der Waals surface area contributed by atoms with E-state index >= 15 is 0 Å². The minimum atomic E-state index is -1.27. The number of fused-ring (bicyclic) bond motifs is 1. The number of piperazine rings is 1. The van der Waals surface area contributed by atoms with Crippen LogP contribution >= 0.6 is 15.9 Å². The van der Waals surface area contributed by atoms with Crippen molar-refractivity contribution in [3.63, 3.8) is 0 Å². The lowest BCUT2D eigenvalue weighted by molar-refractivity contribution is -0.129. The first-order valence-electron chi connectivity index (χ1n) is 16.8. The van der Waals surface area contributed by atoms with E-state index in [1.165, 1.54) is 15.8 Å². The van der Waals surface area contributed by atoms with Crippen molar-refractivity contribution in [3.05, 3.63) is 85.7 Å². The van der Waals surface area contributed by atoms with Crippen molar-refractivity contribution in [1.82, 2.24) is 29.8 Å². The normalized spacial score (nSPS) is 25.0. The standard InChI is InChI=1S/C35H41BrN8O5/c1-40-19-23(15-24(20-40)38-28-17-37-41(2)35(49)31(28)36)22-5-3-21(4-6-22)18-42-11-13-43(14-12-42)25-7-8-26-27(16-25)34(48)44(33(26)47)29-9-10-30(45)39-32(29)46/h3-8,16-17,23-24,29,32,38,46H,9-15,18-20H2,1-2H3,(H,39,45)/t23-,24+,29?,32?/m0/s1. The van der Waals surface area contributed by atoms with Crippen LogP contribution in [-0.4, -0.2) is 112 Å². The second-order valence-electron chi connectivity index (χ2n) is 13.6. The minimum absolute atomic E-state index is 0.155. The number of carbonyl (C=O) groups excluding carboxylic acids is 3. The van der Waals surface area contributed by atoms with Crippen molar-refractivity contribution < 1.29 is 19.5 Å². The molecule has 5 heterocycles. The van der Waals surface area contributed by atoms with Gasteiger partial charge in [-0.2, -0.15) is 5.10 Å². The fourth-order valence-corrected chi connectivity index (χ4v) is 8.07. The highest BCUT2D eigenvalue weighted by atomic mass is 79.9. The van der Waals surface area contributed by atoms with E-state index < -0.39 is 24.1 Å². The van der Waals surface area contributed by atoms with E-state index in [0.29, 0.717) is 21.5 Å². The number of aliphatic hydroxyl groups excluding tert-OH is 1. The van der Waals surface area contributed by atoms with Crippen molar-refractivity contribution in [3.8, 4) is 0 Å². The van der Waals surface area contributed by atoms with Crippen LogP contribution in [0.15, 0.2) is 57.9 Å². The van der Waals surface area contributed by atoms with Crippen molar-refractivity contribution in [1.29, 1.82) is 0 Å². The van der Waals surface area contributed by atoms with Gasteiger partial charge < -0.3 is 25.5 Å². The molecule has 3 amide bonds. The summed E-state index contributed by atoms with van der Waals surface area (Å²) in [6, 6.07) is 13.7. The average Bonchev–Trinajstić information content (AvgIpc) is 3.34. The number of aromatic nitrogens is 2. The molecule has 49 heavy (non-hydrogen) atoms. The van der Waals surface area contributed by atoms with Crippen LogP contribution in [0, 0.1) is 0 Å². The first kappa shape index (κ1) is 33.4. The lowest BCUT2D eigenvalue weighted by atomic mass is 9.87. The van der Waals surface area contributed by atoms with Gasteiger partial charge in [-0.1, -0.05) is 24.3 Å². The Morgan fingerprint density at radius 1 is 0.959 bits per heavy atom. The number of carbonyl (C=O) groups is 3. The molecule has 0 radical (unpaired) electrons. The molecule has 0 bridgehead atoms. The highest BCUT2D eigenvalue weighted by Crippen LogP contribution is 2.33. The number of imide groups is 1. The van der Waals surface area contributed by atoms with Gasteiger partial charge in [0.1, 0.15) is 10.7 Å². The Morgan fingerprint density at radius 2 is 1.69 bits per heavy atom. The van der Waals surface area contributed by atoms with Gasteiger partial charge in [-0.15, -0.1) is 0 Å². The predicted molar refractivity (Wildman–Crippen MR) is 187 cm³/mol. The maximum absolute atomic E-state index is 13.3. The quantitative estimate of drug-likeness (QED) is 0.309. The van der Waals surface area contributed by atoms with Crippen molar-refractivity contribution in [2.24, 2.45) is 7.05 Å². The number of nitrogens with one attached hydrogen (secondary N) is 2. The van der Waals surface area contributed by atoms with E-state index in [1.54, 1.807) is 25.4 Å². The van der Waals surface area contributed by atoms with Crippen molar-refractivity contribution in [2.75, 3.05) is 56.5 Å². The Bertz CT molecular complexity index is 1830. The molecule has 7 rings (SSSR count). The van der Waals surface area contributed by atoms with Crippen LogP contribution in [0.25, 0.3) is 0 Å². The number of rotatable bonds is 7. The molecule has 258 valence electrons. The van der Waals surface area contributed by atoms with Gasteiger partial charge in [-0.3, -0.25) is 29.0 Å². The highest BCUT2D eigenvalue weighted by molar-refractivity contribution is 9.10. The lowest BCUT2D eigenvalue weighted by Crippen LogP contribution is -2.57. The van der Waals surface area contributed by atoms with E-state index in [2.05, 4.69) is 77.7 Å². The Hall–Kier alpha value is -4.11. The highest BCUT2D eigenvalue weighted by Gasteiger charge is 2.44. The van der Waals surface area contributed by atoms with Gasteiger partial charge in [0, 0.05) is 71.0 Å². The Kier molecular flexibility index (Phi) is 9.31. The SMILES string of the molecule is CN1C[C@H](Nc2cnn(C)c(=O)c2Br)C[C@H](c2ccc(CN3CCN(c4ccc5c(c4)C(=O)N(C4CCC(=O)NC4O)C5=O)CC3)cc2)C1. The Morgan fingerprint density at radius 3 is 2.43 bits per heavy atom. The number of aliphatic hydroxyl groups is 1. The third-order valence-corrected chi connectivity index (χ3v) is 11.0. The van der Waals surface area contributed by atoms with Gasteiger partial charge in [-0.25, -0.2) is 4.68 Å². The van der Waals surface area contributed by atoms with Crippen LogP contribution in [0.1, 0.15) is 57.0 Å². The number of hydrogen-bond donors (Lipinski definition) is 3. The number of halogens is 1. The Balaban J connectivity index is 0.935. The summed E-state index contributed by atoms with van der Waals surface area (Å²) < 4.78 is 1.82. The lowest BCUT2D eigenvalue weighted by Gasteiger charge is -2.37. The maximum Gasteiger partial charge on any atom is 0.282 e. The van der Waals surface area contributed by atoms with E-state index in [9.17, 15) is 24.3 Å². The van der Waals surface area contributed by atoms with Crippen LogP contribution in [0.5, 0.6) is 0 Å². The van der Waals surface area contributed by atoms with Crippen LogP contribution in [0.2, 0.25) is 0 Å². The Labute approximate surface area is 293 Å². The molecule has 2 unspecified atom stereocenters. The topological polar surface area (TPSA) is 143 Å². The number of nitrogens with zero attached hydrogens (tertiary/aromatic N) is 6. The average molecular weight is 734 g/mol. The third kappa shape index (κ3) is 6.74. The smallest absolute Gasteiger partial charge is 0.282 e. The van der Waals surface area contributed by atoms with Gasteiger partial charge in [0.15, 0.2) is 0 Å². The summed E-state index contributed by atoms with van der Waals surface area (Å²) in [7, 11) is 3.77. The molecule has 4 aliphatic rings. The first-order valence-corrected chi connectivity index (χ1v) is 17.6. The van der Waals surface area contributed by atoms with Gasteiger partial charge in [0.2, 0.25) is 5.91 Å². The zero-order valence-corrected chi connectivity index (χ0v) is 29.2. The minimum Gasteiger partial charge on any atom is -0.379 e. The van der Waals surface area contributed by atoms with Crippen molar-refractivity contribution >= 4 is 45.0 Å². The number of aryl methyl sites for hydroxylation is 1. The summed E-state index contributed by atoms with van der Waals surface area (Å²) in [5.74, 6) is -0.784. The number of anilines is 2. The van der Waals surface area contributed by atoms with Crippen LogP contribution in [-0.2, 0) is 18.4 Å². The largest absolute Gasteiger partial charge is 0.379 e. The maximum atomic E-state index is 13.3. The van der Waals surface area contributed by atoms with E-state index in [-0.39, 0.29) is 30.3 Å². The van der Waals surface area contributed by atoms with E-state index in [1.807, 2.05) is 6.07 Å². The molecule has 4 aliphatic heterocycles. The summed E-state index contributed by atoms with van der Waals surface area (Å²) in [6.07, 6.45) is 1.77. The summed E-state index contributed by atoms with van der Waals surface area (Å²) >= 11 is 3.43. The van der Waals surface area contributed by atoms with Crippen LogP contribution in [0.4, 0.5) is 11.4 Å². The van der Waals surface area contributed by atoms with Crippen LogP contribution < -0.4 is 21.1 Å². The zero-order valence-electron chi connectivity index (χ0n) is 27.6. The molecular formula is C35H41BrN8O5. The third-order valence-electron chi connectivity index (χ3n) is 10.2. The molecule has 3 N–H and O–H groups in total. The number of piperidine rings is 2. The fraction of sp³-hybridized carbons (Fsp3) is 0.457. The van der Waals surface area contributed by atoms with Gasteiger partial charge in [0.25, 0.3) is 17.4 Å². The molecule has 13 nitrogen and oxygen atoms in total. The van der Waals surface area contributed by atoms with Crippen LogP contribution in [0.3, 0.4) is 0 Å². The fourth-order valence-electron chi connectivity index (χ4n) is 7.60.